The van der Waals surface area contributed by atoms with E-state index in [9.17, 15) is 8.42 Å². The average molecular weight is 305 g/mol. The fourth-order valence-electron chi connectivity index (χ4n) is 3.63. The summed E-state index contributed by atoms with van der Waals surface area (Å²) < 4.78 is 39.6. The van der Waals surface area contributed by atoms with Gasteiger partial charge in [0.05, 0.1) is 32.1 Å². The molecule has 1 aliphatic carbocycles. The Hall–Kier alpha value is -0.210. The van der Waals surface area contributed by atoms with Crippen molar-refractivity contribution in [2.75, 3.05) is 32.6 Å². The first-order valence-electron chi connectivity index (χ1n) is 7.38. The van der Waals surface area contributed by atoms with Crippen molar-refractivity contribution in [3.8, 4) is 0 Å². The Labute approximate surface area is 120 Å². The molecular formula is C13H23NO5S. The topological polar surface area (TPSA) is 65.1 Å². The molecule has 7 heteroatoms. The van der Waals surface area contributed by atoms with Gasteiger partial charge in [0.2, 0.25) is 0 Å². The smallest absolute Gasteiger partial charge is 0.264 e. The number of hydrogen-bond donors (Lipinski definition) is 0. The first kappa shape index (κ1) is 14.7. The Morgan fingerprint density at radius 2 is 1.90 bits per heavy atom. The van der Waals surface area contributed by atoms with E-state index in [1.165, 1.54) is 0 Å². The second kappa shape index (κ2) is 5.53. The van der Waals surface area contributed by atoms with E-state index in [2.05, 4.69) is 4.90 Å². The lowest BCUT2D eigenvalue weighted by molar-refractivity contribution is -0.148. The molecular weight excluding hydrogens is 282 g/mol. The lowest BCUT2D eigenvalue weighted by Gasteiger charge is -2.37. The fraction of sp³-hybridized carbons (Fsp3) is 1.00. The van der Waals surface area contributed by atoms with Crippen molar-refractivity contribution in [3.05, 3.63) is 0 Å². The Bertz CT molecular complexity index is 446. The fourth-order valence-corrected chi connectivity index (χ4v) is 4.30. The maximum Gasteiger partial charge on any atom is 0.264 e. The van der Waals surface area contributed by atoms with Crippen LogP contribution in [0.15, 0.2) is 0 Å². The Kier molecular flexibility index (Phi) is 4.07. The normalized spacial score (nSPS) is 34.9. The van der Waals surface area contributed by atoms with Crippen LogP contribution in [-0.2, 0) is 23.8 Å². The van der Waals surface area contributed by atoms with Crippen molar-refractivity contribution in [3.63, 3.8) is 0 Å². The highest BCUT2D eigenvalue weighted by atomic mass is 32.2. The highest BCUT2D eigenvalue weighted by Crippen LogP contribution is 2.35. The standard InChI is InChI=1S/C13H23NO5S/c1-20(15,16)19-12-5-3-2-4-11(12)14-7-6-13(10-14)17-8-9-18-13/h11-12H,2-10H2,1H3/t11?,12-/m1/s1. The van der Waals surface area contributed by atoms with E-state index >= 15 is 0 Å². The van der Waals surface area contributed by atoms with Crippen LogP contribution in [0.25, 0.3) is 0 Å². The molecule has 3 aliphatic rings. The van der Waals surface area contributed by atoms with Crippen LogP contribution in [0.2, 0.25) is 0 Å². The maximum absolute atomic E-state index is 11.4. The van der Waals surface area contributed by atoms with Crippen LogP contribution in [0.3, 0.4) is 0 Å². The van der Waals surface area contributed by atoms with Crippen molar-refractivity contribution in [2.24, 2.45) is 0 Å². The molecule has 1 unspecified atom stereocenters. The molecule has 0 N–H and O–H groups in total. The summed E-state index contributed by atoms with van der Waals surface area (Å²) in [6.45, 7) is 2.92. The summed E-state index contributed by atoms with van der Waals surface area (Å²) in [4.78, 5) is 2.29. The van der Waals surface area contributed by atoms with E-state index in [0.29, 0.717) is 13.2 Å². The summed E-state index contributed by atoms with van der Waals surface area (Å²) in [5.41, 5.74) is 0. The summed E-state index contributed by atoms with van der Waals surface area (Å²) in [6.07, 6.45) is 5.71. The molecule has 1 saturated carbocycles. The molecule has 0 aromatic rings. The van der Waals surface area contributed by atoms with Crippen LogP contribution >= 0.6 is 0 Å². The molecule has 0 bridgehead atoms. The van der Waals surface area contributed by atoms with Crippen molar-refractivity contribution < 1.29 is 22.1 Å². The Morgan fingerprint density at radius 1 is 1.20 bits per heavy atom. The quantitative estimate of drug-likeness (QED) is 0.716. The zero-order valence-electron chi connectivity index (χ0n) is 11.9. The molecule has 3 fully saturated rings. The molecule has 2 atom stereocenters. The number of nitrogens with zero attached hydrogens (tertiary/aromatic N) is 1. The molecule has 0 aromatic heterocycles. The summed E-state index contributed by atoms with van der Waals surface area (Å²) in [5.74, 6) is -0.451. The zero-order chi connectivity index (χ0) is 14.2. The minimum Gasteiger partial charge on any atom is -0.346 e. The Morgan fingerprint density at radius 3 is 2.60 bits per heavy atom. The molecule has 2 aliphatic heterocycles. The zero-order valence-corrected chi connectivity index (χ0v) is 12.7. The van der Waals surface area contributed by atoms with Gasteiger partial charge in [0, 0.05) is 19.0 Å². The van der Waals surface area contributed by atoms with E-state index in [4.69, 9.17) is 13.7 Å². The summed E-state index contributed by atoms with van der Waals surface area (Å²) in [5, 5.41) is 0. The van der Waals surface area contributed by atoms with Gasteiger partial charge in [-0.3, -0.25) is 9.08 Å². The highest BCUT2D eigenvalue weighted by Gasteiger charge is 2.47. The van der Waals surface area contributed by atoms with E-state index in [-0.39, 0.29) is 12.1 Å². The molecule has 116 valence electrons. The minimum atomic E-state index is -3.40. The molecule has 0 radical (unpaired) electrons. The third-order valence-corrected chi connectivity index (χ3v) is 5.07. The van der Waals surface area contributed by atoms with Crippen LogP contribution in [0.1, 0.15) is 32.1 Å². The van der Waals surface area contributed by atoms with Gasteiger partial charge in [0.1, 0.15) is 0 Å². The van der Waals surface area contributed by atoms with Crippen molar-refractivity contribution in [1.29, 1.82) is 0 Å². The van der Waals surface area contributed by atoms with Gasteiger partial charge in [-0.2, -0.15) is 8.42 Å². The van der Waals surface area contributed by atoms with Crippen molar-refractivity contribution in [2.45, 2.75) is 50.0 Å². The molecule has 2 heterocycles. The van der Waals surface area contributed by atoms with Crippen molar-refractivity contribution >= 4 is 10.1 Å². The average Bonchev–Trinajstić information content (AvgIpc) is 2.99. The van der Waals surface area contributed by atoms with Crippen LogP contribution in [-0.4, -0.2) is 63.8 Å². The monoisotopic (exact) mass is 305 g/mol. The highest BCUT2D eigenvalue weighted by molar-refractivity contribution is 7.86. The Balaban J connectivity index is 1.67. The van der Waals surface area contributed by atoms with Gasteiger partial charge >= 0.3 is 0 Å². The summed E-state index contributed by atoms with van der Waals surface area (Å²) in [7, 11) is -3.40. The molecule has 0 aromatic carbocycles. The second-order valence-corrected chi connectivity index (χ2v) is 7.62. The SMILES string of the molecule is CS(=O)(=O)O[C@@H]1CCCCC1N1CCC2(C1)OCCO2. The third kappa shape index (κ3) is 3.17. The van der Waals surface area contributed by atoms with Gasteiger partial charge in [-0.05, 0) is 12.8 Å². The molecule has 1 spiro atoms. The van der Waals surface area contributed by atoms with Crippen molar-refractivity contribution in [1.82, 2.24) is 4.90 Å². The lowest BCUT2D eigenvalue weighted by Crippen LogP contribution is -2.48. The van der Waals surface area contributed by atoms with Crippen LogP contribution in [0.5, 0.6) is 0 Å². The first-order chi connectivity index (χ1) is 9.48. The predicted octanol–water partition coefficient (Wildman–Crippen LogP) is 0.723. The van der Waals surface area contributed by atoms with Gasteiger partial charge in [0.15, 0.2) is 5.79 Å². The summed E-state index contributed by atoms with van der Waals surface area (Å²) in [6, 6.07) is 0.158. The van der Waals surface area contributed by atoms with Gasteiger partial charge in [0.25, 0.3) is 10.1 Å². The third-order valence-electron chi connectivity index (χ3n) is 4.47. The molecule has 2 saturated heterocycles. The van der Waals surface area contributed by atoms with E-state index in [1.807, 2.05) is 0 Å². The summed E-state index contributed by atoms with van der Waals surface area (Å²) >= 11 is 0. The van der Waals surface area contributed by atoms with E-state index in [1.54, 1.807) is 0 Å². The largest absolute Gasteiger partial charge is 0.346 e. The molecule has 3 rings (SSSR count). The van der Waals surface area contributed by atoms with Crippen LogP contribution in [0, 0.1) is 0 Å². The van der Waals surface area contributed by atoms with Gasteiger partial charge in [-0.15, -0.1) is 0 Å². The number of hydrogen-bond acceptors (Lipinski definition) is 6. The van der Waals surface area contributed by atoms with Crippen LogP contribution in [0.4, 0.5) is 0 Å². The number of ether oxygens (including phenoxy) is 2. The van der Waals surface area contributed by atoms with Gasteiger partial charge in [-0.25, -0.2) is 0 Å². The first-order valence-corrected chi connectivity index (χ1v) is 9.19. The second-order valence-electron chi connectivity index (χ2n) is 6.02. The van der Waals surface area contributed by atoms with E-state index < -0.39 is 15.9 Å². The number of likely N-dealkylation sites (tertiary alicyclic amines) is 1. The molecule has 0 amide bonds. The molecule has 6 nitrogen and oxygen atoms in total. The van der Waals surface area contributed by atoms with Gasteiger partial charge < -0.3 is 9.47 Å². The molecule has 20 heavy (non-hydrogen) atoms. The minimum absolute atomic E-state index is 0.158. The lowest BCUT2D eigenvalue weighted by atomic mass is 9.91. The van der Waals surface area contributed by atoms with Gasteiger partial charge in [-0.1, -0.05) is 12.8 Å². The van der Waals surface area contributed by atoms with Crippen LogP contribution < -0.4 is 0 Å². The predicted molar refractivity (Wildman–Crippen MR) is 72.8 cm³/mol. The van der Waals surface area contributed by atoms with E-state index in [0.717, 1.165) is 51.4 Å². The number of rotatable bonds is 3. The maximum atomic E-state index is 11.4.